The fraction of sp³-hybridized carbons (Fsp3) is 0.900. The third kappa shape index (κ3) is 3.08. The summed E-state index contributed by atoms with van der Waals surface area (Å²) in [5.41, 5.74) is -1.32. The van der Waals surface area contributed by atoms with Gasteiger partial charge in [0.2, 0.25) is 0 Å². The van der Waals surface area contributed by atoms with Gasteiger partial charge in [-0.3, -0.25) is 4.79 Å². The van der Waals surface area contributed by atoms with Crippen LogP contribution >= 0.6 is 0 Å². The van der Waals surface area contributed by atoms with Crippen LogP contribution in [0.5, 0.6) is 0 Å². The first kappa shape index (κ1) is 26.6. The molecule has 0 saturated heterocycles. The molecule has 0 aromatic heterocycles. The van der Waals surface area contributed by atoms with Crippen molar-refractivity contribution in [1.29, 1.82) is 0 Å². The average Bonchev–Trinajstić information content (AvgIpc) is 2.77. The normalized spacial score (nSPS) is 55.9. The second kappa shape index (κ2) is 7.80. The largest absolute Gasteiger partial charge is 0.481 e. The topological polar surface area (TPSA) is 118 Å². The van der Waals surface area contributed by atoms with Gasteiger partial charge in [-0.25, -0.2) is 0 Å². The van der Waals surface area contributed by atoms with Crippen LogP contribution in [0.1, 0.15) is 92.9 Å². The number of hydrogen-bond acceptors (Lipinski definition) is 5. The third-order valence-electron chi connectivity index (χ3n) is 13.0. The van der Waals surface area contributed by atoms with Crippen molar-refractivity contribution in [1.82, 2.24) is 0 Å². The lowest BCUT2D eigenvalue weighted by molar-refractivity contribution is -0.273. The summed E-state index contributed by atoms with van der Waals surface area (Å²) >= 11 is 0. The van der Waals surface area contributed by atoms with E-state index in [1.807, 2.05) is 6.92 Å². The summed E-state index contributed by atoms with van der Waals surface area (Å²) in [6.07, 6.45) is 5.27. The number of hydrogen-bond donors (Lipinski definition) is 5. The van der Waals surface area contributed by atoms with E-state index in [-0.39, 0.29) is 40.6 Å². The molecule has 0 radical (unpaired) electrons. The highest BCUT2D eigenvalue weighted by Crippen LogP contribution is 2.75. The Balaban J connectivity index is 1.64. The van der Waals surface area contributed by atoms with E-state index in [0.29, 0.717) is 19.3 Å². The molecule has 0 amide bonds. The lowest BCUT2D eigenvalue weighted by atomic mass is 9.33. The molecular formula is C30H48O6. The fourth-order valence-corrected chi connectivity index (χ4v) is 10.9. The smallest absolute Gasteiger partial charge is 0.310 e. The van der Waals surface area contributed by atoms with Gasteiger partial charge in [0.25, 0.3) is 0 Å². The molecule has 5 aliphatic rings. The van der Waals surface area contributed by atoms with E-state index in [9.17, 15) is 30.3 Å². The van der Waals surface area contributed by atoms with Crippen LogP contribution in [0, 0.1) is 50.2 Å². The van der Waals surface area contributed by atoms with Gasteiger partial charge in [-0.2, -0.15) is 0 Å². The van der Waals surface area contributed by atoms with Gasteiger partial charge in [-0.15, -0.1) is 0 Å². The van der Waals surface area contributed by atoms with Crippen LogP contribution in [0.2, 0.25) is 0 Å². The van der Waals surface area contributed by atoms with E-state index in [1.165, 1.54) is 5.57 Å². The van der Waals surface area contributed by atoms with Crippen LogP contribution in [0.15, 0.2) is 11.6 Å². The number of fused-ring (bicyclic) bond motifs is 7. The standard InChI is InChI=1S/C30H48O6/c1-25(2)9-11-30(24(35)36)12-10-28(5)17(18(30)13-25)7-8-21-26(3)14-20(33)23(34)27(4,16-31)22(26)19(32)15-29(21,28)6/h7,18-23,31-34H,8-16H2,1-6H3,(H,35,36)/t18-,19-,20-,21-,22-,23+,26-,27+,28-,29-,30+/m1/s1. The Labute approximate surface area is 216 Å². The molecular weight excluding hydrogens is 456 g/mol. The maximum absolute atomic E-state index is 12.8. The molecule has 6 heteroatoms. The molecule has 5 rings (SSSR count). The molecule has 4 saturated carbocycles. The summed E-state index contributed by atoms with van der Waals surface area (Å²) in [7, 11) is 0. The minimum Gasteiger partial charge on any atom is -0.481 e. The van der Waals surface area contributed by atoms with Gasteiger partial charge in [-0.05, 0) is 84.9 Å². The molecule has 0 unspecified atom stereocenters. The highest BCUT2D eigenvalue weighted by atomic mass is 16.4. The number of carboxylic acid groups (broad SMARTS) is 1. The molecule has 204 valence electrons. The van der Waals surface area contributed by atoms with Gasteiger partial charge in [0.05, 0.1) is 30.3 Å². The number of aliphatic hydroxyl groups is 4. The maximum atomic E-state index is 12.8. The molecule has 0 aromatic rings. The Hall–Kier alpha value is -0.950. The summed E-state index contributed by atoms with van der Waals surface area (Å²) in [6, 6.07) is 0. The predicted molar refractivity (Wildman–Crippen MR) is 137 cm³/mol. The first-order valence-corrected chi connectivity index (χ1v) is 14.1. The summed E-state index contributed by atoms with van der Waals surface area (Å²) in [5.74, 6) is -0.842. The molecule has 5 N–H and O–H groups in total. The monoisotopic (exact) mass is 504 g/mol. The molecule has 6 nitrogen and oxygen atoms in total. The van der Waals surface area contributed by atoms with Crippen molar-refractivity contribution in [2.45, 2.75) is 111 Å². The van der Waals surface area contributed by atoms with Crippen molar-refractivity contribution >= 4 is 5.97 Å². The first-order chi connectivity index (χ1) is 16.5. The quantitative estimate of drug-likeness (QED) is 0.361. The van der Waals surface area contributed by atoms with Crippen LogP contribution in [-0.2, 0) is 4.79 Å². The first-order valence-electron chi connectivity index (χ1n) is 14.1. The summed E-state index contributed by atoms with van der Waals surface area (Å²) in [5, 5.41) is 54.6. The van der Waals surface area contributed by atoms with Gasteiger partial charge >= 0.3 is 5.97 Å². The van der Waals surface area contributed by atoms with Gasteiger partial charge in [0.1, 0.15) is 0 Å². The van der Waals surface area contributed by atoms with Crippen molar-refractivity contribution in [3.05, 3.63) is 11.6 Å². The van der Waals surface area contributed by atoms with Crippen molar-refractivity contribution < 1.29 is 30.3 Å². The van der Waals surface area contributed by atoms with Crippen molar-refractivity contribution in [3.8, 4) is 0 Å². The summed E-state index contributed by atoms with van der Waals surface area (Å²) in [6.45, 7) is 12.8. The van der Waals surface area contributed by atoms with E-state index in [2.05, 4.69) is 40.7 Å². The molecule has 5 aliphatic carbocycles. The van der Waals surface area contributed by atoms with Crippen molar-refractivity contribution in [3.63, 3.8) is 0 Å². The van der Waals surface area contributed by atoms with Crippen molar-refractivity contribution in [2.24, 2.45) is 50.2 Å². The van der Waals surface area contributed by atoms with Crippen LogP contribution in [0.4, 0.5) is 0 Å². The van der Waals surface area contributed by atoms with Crippen molar-refractivity contribution in [2.75, 3.05) is 6.61 Å². The average molecular weight is 505 g/mol. The summed E-state index contributed by atoms with van der Waals surface area (Å²) < 4.78 is 0. The van der Waals surface area contributed by atoms with Crippen LogP contribution in [0.3, 0.4) is 0 Å². The van der Waals surface area contributed by atoms with Gasteiger partial charge in [-0.1, -0.05) is 53.2 Å². The fourth-order valence-electron chi connectivity index (χ4n) is 10.9. The number of aliphatic hydroxyl groups excluding tert-OH is 4. The number of aliphatic carboxylic acids is 1. The SMILES string of the molecule is CC1(C)CC[C@]2(C(=O)O)CC[C@]3(C)C(=CC[C@@H]4[C@@]5(C)C[C@@H](O)[C@H](O)[C@@](C)(CO)[C@@H]5[C@H](O)C[C@]43C)[C@H]2C1. The summed E-state index contributed by atoms with van der Waals surface area (Å²) in [4.78, 5) is 12.8. The lowest BCUT2D eigenvalue weighted by Gasteiger charge is -2.72. The number of rotatable bonds is 2. The Morgan fingerprint density at radius 1 is 0.917 bits per heavy atom. The highest BCUT2D eigenvalue weighted by Gasteiger charge is 2.72. The van der Waals surface area contributed by atoms with E-state index in [4.69, 9.17) is 0 Å². The maximum Gasteiger partial charge on any atom is 0.310 e. The number of carbonyl (C=O) groups is 1. The van der Waals surface area contributed by atoms with Crippen LogP contribution in [0.25, 0.3) is 0 Å². The van der Waals surface area contributed by atoms with Gasteiger partial charge < -0.3 is 25.5 Å². The molecule has 0 aliphatic heterocycles. The number of carboxylic acids is 1. The molecule has 0 bridgehead atoms. The second-order valence-electron chi connectivity index (χ2n) is 15.2. The Morgan fingerprint density at radius 2 is 1.56 bits per heavy atom. The third-order valence-corrected chi connectivity index (χ3v) is 13.0. The molecule has 11 atom stereocenters. The van der Waals surface area contributed by atoms with E-state index in [1.54, 1.807) is 0 Å². The van der Waals surface area contributed by atoms with Gasteiger partial charge in [0.15, 0.2) is 0 Å². The van der Waals surface area contributed by atoms with Crippen LogP contribution < -0.4 is 0 Å². The second-order valence-corrected chi connectivity index (χ2v) is 15.2. The Bertz CT molecular complexity index is 974. The Kier molecular flexibility index (Phi) is 5.77. The molecule has 0 spiro atoms. The van der Waals surface area contributed by atoms with E-state index >= 15 is 0 Å². The zero-order valence-corrected chi connectivity index (χ0v) is 23.0. The minimum atomic E-state index is -1.08. The number of allylic oxidation sites excluding steroid dienone is 2. The predicted octanol–water partition coefficient (Wildman–Crippen LogP) is 4.15. The zero-order chi connectivity index (χ0) is 26.7. The lowest BCUT2D eigenvalue weighted by Crippen LogP contribution is -2.71. The zero-order valence-electron chi connectivity index (χ0n) is 23.0. The van der Waals surface area contributed by atoms with E-state index < -0.39 is 40.5 Å². The Morgan fingerprint density at radius 3 is 2.17 bits per heavy atom. The van der Waals surface area contributed by atoms with Crippen LogP contribution in [-0.4, -0.2) is 56.4 Å². The highest BCUT2D eigenvalue weighted by molar-refractivity contribution is 5.76. The van der Waals surface area contributed by atoms with Gasteiger partial charge in [0, 0.05) is 11.3 Å². The molecule has 36 heavy (non-hydrogen) atoms. The minimum absolute atomic E-state index is 0.000534. The molecule has 0 heterocycles. The molecule has 4 fully saturated rings. The molecule has 0 aromatic carbocycles. The van der Waals surface area contributed by atoms with E-state index in [0.717, 1.165) is 32.1 Å².